The van der Waals surface area contributed by atoms with Crippen LogP contribution in [-0.2, 0) is 17.8 Å². The van der Waals surface area contributed by atoms with Gasteiger partial charge < -0.3 is 9.42 Å². The molecule has 3 rings (SSSR count). The number of aryl methyl sites for hydroxylation is 2. The first kappa shape index (κ1) is 19.9. The molecule has 1 aromatic heterocycles. The Hall–Kier alpha value is -2.80. The summed E-state index contributed by atoms with van der Waals surface area (Å²) in [6.07, 6.45) is 0.321. The summed E-state index contributed by atoms with van der Waals surface area (Å²) >= 11 is 6.00. The molecule has 0 fully saturated rings. The van der Waals surface area contributed by atoms with Crippen LogP contribution in [0, 0.1) is 18.6 Å². The van der Waals surface area contributed by atoms with E-state index in [1.54, 1.807) is 32.2 Å². The summed E-state index contributed by atoms with van der Waals surface area (Å²) < 4.78 is 32.7. The fourth-order valence-corrected chi connectivity index (χ4v) is 2.84. The maximum atomic E-state index is 13.9. The second-order valence-electron chi connectivity index (χ2n) is 6.43. The molecule has 2 aromatic carbocycles. The van der Waals surface area contributed by atoms with E-state index in [2.05, 4.69) is 10.1 Å². The molecule has 146 valence electrons. The van der Waals surface area contributed by atoms with E-state index >= 15 is 0 Å². The minimum Gasteiger partial charge on any atom is -0.341 e. The molecule has 0 spiro atoms. The smallest absolute Gasteiger partial charge is 0.227 e. The largest absolute Gasteiger partial charge is 0.341 e. The minimum absolute atomic E-state index is 0.0576. The van der Waals surface area contributed by atoms with Crippen LogP contribution in [0.1, 0.15) is 23.4 Å². The van der Waals surface area contributed by atoms with E-state index in [4.69, 9.17) is 16.1 Å². The van der Waals surface area contributed by atoms with Crippen molar-refractivity contribution in [3.63, 3.8) is 0 Å². The number of hydrogen-bond donors (Lipinski definition) is 0. The second kappa shape index (κ2) is 8.48. The van der Waals surface area contributed by atoms with Crippen LogP contribution in [0.3, 0.4) is 0 Å². The lowest BCUT2D eigenvalue weighted by Crippen LogP contribution is -2.27. The van der Waals surface area contributed by atoms with Crippen molar-refractivity contribution >= 4 is 17.5 Å². The van der Waals surface area contributed by atoms with E-state index in [1.807, 2.05) is 0 Å². The summed E-state index contributed by atoms with van der Waals surface area (Å²) in [7, 11) is 1.57. The molecular formula is C20H18ClF2N3O2. The lowest BCUT2D eigenvalue weighted by atomic mass is 10.1. The molecule has 0 aliphatic heterocycles. The van der Waals surface area contributed by atoms with Gasteiger partial charge in [-0.05, 0) is 30.7 Å². The molecule has 0 saturated carbocycles. The zero-order chi connectivity index (χ0) is 20.3. The first-order valence-electron chi connectivity index (χ1n) is 8.61. The molecule has 28 heavy (non-hydrogen) atoms. The van der Waals surface area contributed by atoms with Gasteiger partial charge in [0.2, 0.25) is 17.6 Å². The number of halogens is 3. The topological polar surface area (TPSA) is 59.2 Å². The number of carbonyl (C=O) groups excluding carboxylic acids is 1. The number of nitrogens with zero attached hydrogens (tertiary/aromatic N) is 3. The Balaban J connectivity index is 1.60. The highest BCUT2D eigenvalue weighted by Crippen LogP contribution is 2.21. The Labute approximate surface area is 165 Å². The summed E-state index contributed by atoms with van der Waals surface area (Å²) in [6, 6.07) is 9.05. The Kier molecular flexibility index (Phi) is 6.04. The van der Waals surface area contributed by atoms with Gasteiger partial charge in [0.05, 0.1) is 0 Å². The molecular weight excluding hydrogens is 388 g/mol. The maximum Gasteiger partial charge on any atom is 0.227 e. The van der Waals surface area contributed by atoms with E-state index in [9.17, 15) is 13.6 Å². The summed E-state index contributed by atoms with van der Waals surface area (Å²) in [5.41, 5.74) is 1.29. The first-order chi connectivity index (χ1) is 13.3. The molecule has 1 amide bonds. The minimum atomic E-state index is -0.459. The zero-order valence-electron chi connectivity index (χ0n) is 15.4. The number of hydrogen-bond acceptors (Lipinski definition) is 4. The molecule has 5 nitrogen and oxygen atoms in total. The Morgan fingerprint density at radius 3 is 2.71 bits per heavy atom. The van der Waals surface area contributed by atoms with Crippen molar-refractivity contribution < 1.29 is 18.1 Å². The van der Waals surface area contributed by atoms with Gasteiger partial charge in [-0.15, -0.1) is 0 Å². The Morgan fingerprint density at radius 1 is 1.21 bits per heavy atom. The van der Waals surface area contributed by atoms with Gasteiger partial charge in [-0.3, -0.25) is 4.79 Å². The summed E-state index contributed by atoms with van der Waals surface area (Å²) in [5.74, 6) is -0.513. The van der Waals surface area contributed by atoms with Gasteiger partial charge in [-0.1, -0.05) is 35.0 Å². The highest BCUT2D eigenvalue weighted by Gasteiger charge is 2.16. The van der Waals surface area contributed by atoms with Crippen molar-refractivity contribution in [1.82, 2.24) is 15.0 Å². The van der Waals surface area contributed by atoms with Gasteiger partial charge in [0, 0.05) is 42.6 Å². The van der Waals surface area contributed by atoms with Crippen LogP contribution in [0.4, 0.5) is 8.78 Å². The maximum absolute atomic E-state index is 13.9. The highest BCUT2D eigenvalue weighted by molar-refractivity contribution is 6.31. The van der Waals surface area contributed by atoms with E-state index < -0.39 is 5.82 Å². The number of aromatic nitrogens is 2. The molecule has 8 heteroatoms. The number of carbonyl (C=O) groups is 1. The highest BCUT2D eigenvalue weighted by atomic mass is 35.5. The van der Waals surface area contributed by atoms with Gasteiger partial charge in [0.15, 0.2) is 0 Å². The fourth-order valence-electron chi connectivity index (χ4n) is 2.62. The average molecular weight is 406 g/mol. The molecule has 0 radical (unpaired) electrons. The van der Waals surface area contributed by atoms with E-state index in [1.165, 1.54) is 23.1 Å². The normalized spacial score (nSPS) is 10.9. The predicted molar refractivity (Wildman–Crippen MR) is 101 cm³/mol. The van der Waals surface area contributed by atoms with E-state index in [0.717, 1.165) is 0 Å². The van der Waals surface area contributed by atoms with Gasteiger partial charge in [0.1, 0.15) is 11.6 Å². The zero-order valence-corrected chi connectivity index (χ0v) is 16.1. The van der Waals surface area contributed by atoms with Crippen molar-refractivity contribution in [2.75, 3.05) is 7.05 Å². The lowest BCUT2D eigenvalue weighted by Gasteiger charge is -2.18. The molecule has 1 heterocycles. The van der Waals surface area contributed by atoms with Crippen LogP contribution in [0.15, 0.2) is 40.9 Å². The molecule has 0 N–H and O–H groups in total. The van der Waals surface area contributed by atoms with Crippen LogP contribution < -0.4 is 0 Å². The SMILES string of the molecule is Cc1ccc(-c2noc(CCC(=O)N(C)Cc3c(F)cccc3Cl)n2)cc1F. The Bertz CT molecular complexity index is 987. The third-order valence-electron chi connectivity index (χ3n) is 4.33. The standard InChI is InChI=1S/C20H18ClF2N3O2/c1-12-6-7-13(10-17(12)23)20-24-18(28-25-20)8-9-19(27)26(2)11-14-15(21)4-3-5-16(14)22/h3-7,10H,8-9,11H2,1-2H3. The number of amides is 1. The predicted octanol–water partition coefficient (Wildman–Crippen LogP) is 4.57. The quantitative estimate of drug-likeness (QED) is 0.602. The van der Waals surface area contributed by atoms with Crippen LogP contribution in [0.5, 0.6) is 0 Å². The van der Waals surface area contributed by atoms with Crippen LogP contribution in [0.25, 0.3) is 11.4 Å². The van der Waals surface area contributed by atoms with Crippen LogP contribution in [0.2, 0.25) is 5.02 Å². The molecule has 0 aliphatic rings. The molecule has 3 aromatic rings. The molecule has 0 saturated heterocycles. The molecule has 0 atom stereocenters. The average Bonchev–Trinajstić information content (AvgIpc) is 3.14. The first-order valence-corrected chi connectivity index (χ1v) is 8.99. The number of benzene rings is 2. The lowest BCUT2D eigenvalue weighted by molar-refractivity contribution is -0.130. The third kappa shape index (κ3) is 4.54. The van der Waals surface area contributed by atoms with E-state index in [-0.39, 0.29) is 53.4 Å². The second-order valence-corrected chi connectivity index (χ2v) is 6.83. The number of rotatable bonds is 6. The fraction of sp³-hybridized carbons (Fsp3) is 0.250. The van der Waals surface area contributed by atoms with Gasteiger partial charge >= 0.3 is 0 Å². The van der Waals surface area contributed by atoms with Gasteiger partial charge in [-0.25, -0.2) is 8.78 Å². The van der Waals surface area contributed by atoms with Crippen molar-refractivity contribution in [2.24, 2.45) is 0 Å². The van der Waals surface area contributed by atoms with Crippen molar-refractivity contribution in [3.8, 4) is 11.4 Å². The van der Waals surface area contributed by atoms with Crippen LogP contribution in [-0.4, -0.2) is 28.0 Å². The van der Waals surface area contributed by atoms with Crippen LogP contribution >= 0.6 is 11.6 Å². The van der Waals surface area contributed by atoms with Crippen molar-refractivity contribution in [3.05, 3.63) is 70.1 Å². The summed E-state index contributed by atoms with van der Waals surface area (Å²) in [6.45, 7) is 1.72. The molecule has 0 aliphatic carbocycles. The molecule has 0 bridgehead atoms. The summed E-state index contributed by atoms with van der Waals surface area (Å²) in [5, 5.41) is 4.10. The Morgan fingerprint density at radius 2 is 2.00 bits per heavy atom. The molecule has 0 unspecified atom stereocenters. The van der Waals surface area contributed by atoms with Crippen molar-refractivity contribution in [1.29, 1.82) is 0 Å². The monoisotopic (exact) mass is 405 g/mol. The van der Waals surface area contributed by atoms with Gasteiger partial charge in [-0.2, -0.15) is 4.98 Å². The summed E-state index contributed by atoms with van der Waals surface area (Å²) in [4.78, 5) is 17.9. The third-order valence-corrected chi connectivity index (χ3v) is 4.69. The van der Waals surface area contributed by atoms with E-state index in [0.29, 0.717) is 11.1 Å². The van der Waals surface area contributed by atoms with Crippen molar-refractivity contribution in [2.45, 2.75) is 26.3 Å². The van der Waals surface area contributed by atoms with Gasteiger partial charge in [0.25, 0.3) is 0 Å².